The zero-order chi connectivity index (χ0) is 13.8. The van der Waals surface area contributed by atoms with Crippen molar-refractivity contribution in [1.82, 2.24) is 4.90 Å². The maximum atomic E-state index is 6.06. The third kappa shape index (κ3) is 3.58. The minimum Gasteiger partial charge on any atom is -0.329 e. The van der Waals surface area contributed by atoms with Crippen molar-refractivity contribution in [2.75, 3.05) is 13.6 Å². The van der Waals surface area contributed by atoms with Gasteiger partial charge in [-0.3, -0.25) is 4.90 Å². The molecule has 3 atom stereocenters. The standard InChI is InChI=1S/C17H28N2/c1-13-6-4-8-15(10-13)17(12-18)19(3)16-9-5-7-14(2)11-16/h4,6,8,10,14,16-17H,5,7,9,11-12,18H2,1-3H3. The molecule has 3 unspecified atom stereocenters. The minimum absolute atomic E-state index is 0.357. The lowest BCUT2D eigenvalue weighted by atomic mass is 9.85. The number of aryl methyl sites for hydroxylation is 1. The van der Waals surface area contributed by atoms with Gasteiger partial charge in [0.2, 0.25) is 0 Å². The SMILES string of the molecule is Cc1cccc(C(CN)N(C)C2CCCC(C)C2)c1. The molecule has 1 aliphatic carbocycles. The highest BCUT2D eigenvalue weighted by molar-refractivity contribution is 5.25. The summed E-state index contributed by atoms with van der Waals surface area (Å²) < 4.78 is 0. The van der Waals surface area contributed by atoms with E-state index in [1.165, 1.54) is 36.8 Å². The van der Waals surface area contributed by atoms with Crippen molar-refractivity contribution >= 4 is 0 Å². The van der Waals surface area contributed by atoms with Crippen molar-refractivity contribution < 1.29 is 0 Å². The Balaban J connectivity index is 2.12. The van der Waals surface area contributed by atoms with Crippen LogP contribution in [0.25, 0.3) is 0 Å². The fourth-order valence-electron chi connectivity index (χ4n) is 3.44. The van der Waals surface area contributed by atoms with Crippen molar-refractivity contribution in [3.8, 4) is 0 Å². The van der Waals surface area contributed by atoms with Crippen molar-refractivity contribution in [1.29, 1.82) is 0 Å². The van der Waals surface area contributed by atoms with Crippen LogP contribution in [-0.4, -0.2) is 24.5 Å². The molecule has 19 heavy (non-hydrogen) atoms. The van der Waals surface area contributed by atoms with E-state index >= 15 is 0 Å². The van der Waals surface area contributed by atoms with Crippen molar-refractivity contribution in [3.05, 3.63) is 35.4 Å². The second-order valence-corrected chi connectivity index (χ2v) is 6.26. The molecule has 106 valence electrons. The van der Waals surface area contributed by atoms with E-state index in [0.717, 1.165) is 5.92 Å². The molecular weight excluding hydrogens is 232 g/mol. The van der Waals surface area contributed by atoms with Crippen LogP contribution in [0, 0.1) is 12.8 Å². The first-order valence-electron chi connectivity index (χ1n) is 7.60. The van der Waals surface area contributed by atoms with E-state index in [1.807, 2.05) is 0 Å². The summed E-state index contributed by atoms with van der Waals surface area (Å²) in [6.07, 6.45) is 5.39. The topological polar surface area (TPSA) is 29.3 Å². The normalized spacial score (nSPS) is 25.5. The molecule has 0 bridgehead atoms. The van der Waals surface area contributed by atoms with Gasteiger partial charge in [0, 0.05) is 18.6 Å². The molecule has 1 aliphatic rings. The van der Waals surface area contributed by atoms with Gasteiger partial charge in [-0.15, -0.1) is 0 Å². The number of rotatable bonds is 4. The van der Waals surface area contributed by atoms with Crippen molar-refractivity contribution in [2.24, 2.45) is 11.7 Å². The molecule has 0 radical (unpaired) electrons. The largest absolute Gasteiger partial charge is 0.329 e. The molecule has 2 heteroatoms. The second kappa shape index (κ2) is 6.53. The van der Waals surface area contributed by atoms with E-state index < -0.39 is 0 Å². The maximum Gasteiger partial charge on any atom is 0.0470 e. The lowest BCUT2D eigenvalue weighted by Crippen LogP contribution is -2.41. The van der Waals surface area contributed by atoms with E-state index in [9.17, 15) is 0 Å². The molecule has 2 nitrogen and oxygen atoms in total. The van der Waals surface area contributed by atoms with Gasteiger partial charge in [0.15, 0.2) is 0 Å². The summed E-state index contributed by atoms with van der Waals surface area (Å²) in [5, 5.41) is 0. The quantitative estimate of drug-likeness (QED) is 0.897. The van der Waals surface area contributed by atoms with Gasteiger partial charge in [-0.05, 0) is 38.3 Å². The molecule has 0 aliphatic heterocycles. The summed E-state index contributed by atoms with van der Waals surface area (Å²) in [4.78, 5) is 2.52. The Kier molecular flexibility index (Phi) is 5.00. The van der Waals surface area contributed by atoms with Gasteiger partial charge in [-0.2, -0.15) is 0 Å². The Bertz CT molecular complexity index is 402. The van der Waals surface area contributed by atoms with Crippen LogP contribution in [0.15, 0.2) is 24.3 Å². The summed E-state index contributed by atoms with van der Waals surface area (Å²) >= 11 is 0. The fourth-order valence-corrected chi connectivity index (χ4v) is 3.44. The molecule has 0 amide bonds. The van der Waals surface area contributed by atoms with Crippen LogP contribution in [0.2, 0.25) is 0 Å². The van der Waals surface area contributed by atoms with E-state index in [-0.39, 0.29) is 0 Å². The summed E-state index contributed by atoms with van der Waals surface area (Å²) in [6.45, 7) is 5.23. The predicted octanol–water partition coefficient (Wildman–Crippen LogP) is 3.51. The minimum atomic E-state index is 0.357. The molecule has 0 aromatic heterocycles. The zero-order valence-electron chi connectivity index (χ0n) is 12.6. The summed E-state index contributed by atoms with van der Waals surface area (Å²) in [6, 6.07) is 9.84. The summed E-state index contributed by atoms with van der Waals surface area (Å²) in [5.41, 5.74) is 8.74. The molecule has 1 aromatic carbocycles. The Labute approximate surface area is 118 Å². The van der Waals surface area contributed by atoms with Crippen molar-refractivity contribution in [2.45, 2.75) is 51.6 Å². The predicted molar refractivity (Wildman–Crippen MR) is 82.2 cm³/mol. The van der Waals surface area contributed by atoms with E-state index in [0.29, 0.717) is 18.6 Å². The number of likely N-dealkylation sites (N-methyl/N-ethyl adjacent to an activating group) is 1. The highest BCUT2D eigenvalue weighted by Crippen LogP contribution is 2.31. The first-order valence-corrected chi connectivity index (χ1v) is 7.60. The molecule has 0 saturated heterocycles. The van der Waals surface area contributed by atoms with Crippen LogP contribution < -0.4 is 5.73 Å². The Hall–Kier alpha value is -0.860. The average molecular weight is 260 g/mol. The van der Waals surface area contributed by atoms with Gasteiger partial charge in [0.1, 0.15) is 0 Å². The molecule has 2 N–H and O–H groups in total. The number of hydrogen-bond acceptors (Lipinski definition) is 2. The molecule has 1 aromatic rings. The Morgan fingerprint density at radius 2 is 2.16 bits per heavy atom. The third-order valence-electron chi connectivity index (χ3n) is 4.63. The first kappa shape index (κ1) is 14.5. The highest BCUT2D eigenvalue weighted by atomic mass is 15.2. The van der Waals surface area contributed by atoms with Crippen LogP contribution in [0.4, 0.5) is 0 Å². The molecule has 0 spiro atoms. The van der Waals surface area contributed by atoms with Gasteiger partial charge in [-0.25, -0.2) is 0 Å². The Morgan fingerprint density at radius 1 is 1.37 bits per heavy atom. The lowest BCUT2D eigenvalue weighted by Gasteiger charge is -2.39. The zero-order valence-corrected chi connectivity index (χ0v) is 12.6. The van der Waals surface area contributed by atoms with E-state index in [2.05, 4.69) is 50.1 Å². The number of hydrogen-bond donors (Lipinski definition) is 1. The van der Waals surface area contributed by atoms with Gasteiger partial charge in [0.05, 0.1) is 0 Å². The average Bonchev–Trinajstić information content (AvgIpc) is 2.39. The van der Waals surface area contributed by atoms with Gasteiger partial charge < -0.3 is 5.73 Å². The smallest absolute Gasteiger partial charge is 0.0470 e. The monoisotopic (exact) mass is 260 g/mol. The first-order chi connectivity index (χ1) is 9.11. The Morgan fingerprint density at radius 3 is 2.79 bits per heavy atom. The third-order valence-corrected chi connectivity index (χ3v) is 4.63. The maximum absolute atomic E-state index is 6.06. The number of nitrogens with two attached hydrogens (primary N) is 1. The van der Waals surface area contributed by atoms with Gasteiger partial charge in [-0.1, -0.05) is 49.6 Å². The van der Waals surface area contributed by atoms with Gasteiger partial charge >= 0.3 is 0 Å². The van der Waals surface area contributed by atoms with Crippen LogP contribution >= 0.6 is 0 Å². The van der Waals surface area contributed by atoms with E-state index in [1.54, 1.807) is 0 Å². The summed E-state index contributed by atoms with van der Waals surface area (Å²) in [5.74, 6) is 0.858. The van der Waals surface area contributed by atoms with Crippen LogP contribution in [0.1, 0.15) is 49.8 Å². The molecule has 1 fully saturated rings. The van der Waals surface area contributed by atoms with E-state index in [4.69, 9.17) is 5.73 Å². The summed E-state index contributed by atoms with van der Waals surface area (Å²) in [7, 11) is 2.25. The van der Waals surface area contributed by atoms with Crippen LogP contribution in [0.3, 0.4) is 0 Å². The second-order valence-electron chi connectivity index (χ2n) is 6.26. The van der Waals surface area contributed by atoms with Crippen LogP contribution in [0.5, 0.6) is 0 Å². The molecule has 2 rings (SSSR count). The number of benzene rings is 1. The van der Waals surface area contributed by atoms with Gasteiger partial charge in [0.25, 0.3) is 0 Å². The fraction of sp³-hybridized carbons (Fsp3) is 0.647. The molecular formula is C17H28N2. The van der Waals surface area contributed by atoms with Crippen molar-refractivity contribution in [3.63, 3.8) is 0 Å². The molecule has 0 heterocycles. The number of nitrogens with zero attached hydrogens (tertiary/aromatic N) is 1. The van der Waals surface area contributed by atoms with Crippen LogP contribution in [-0.2, 0) is 0 Å². The highest BCUT2D eigenvalue weighted by Gasteiger charge is 2.27. The molecule has 1 saturated carbocycles. The lowest BCUT2D eigenvalue weighted by molar-refractivity contribution is 0.121.